The summed E-state index contributed by atoms with van der Waals surface area (Å²) < 4.78 is 6.04. The number of fused-ring (bicyclic) bond motifs is 2. The third-order valence-electron chi connectivity index (χ3n) is 4.36. The van der Waals surface area contributed by atoms with Crippen LogP contribution in [0.4, 0.5) is 5.69 Å². The summed E-state index contributed by atoms with van der Waals surface area (Å²) in [6, 6.07) is 9.08. The van der Waals surface area contributed by atoms with Gasteiger partial charge in [-0.1, -0.05) is 32.9 Å². The van der Waals surface area contributed by atoms with E-state index in [0.717, 1.165) is 26.2 Å². The summed E-state index contributed by atoms with van der Waals surface area (Å²) in [5, 5.41) is 0. The topological polar surface area (TPSA) is 15.7 Å². The fraction of sp³-hybridized carbons (Fsp3) is 0.647. The molecule has 3 rings (SSSR count). The van der Waals surface area contributed by atoms with Gasteiger partial charge in [0.05, 0.1) is 12.2 Å². The predicted molar refractivity (Wildman–Crippen MR) is 83.5 cm³/mol. The Hall–Kier alpha value is -1.06. The molecule has 0 aromatic heterocycles. The molecule has 0 radical (unpaired) electrons. The highest BCUT2D eigenvalue weighted by atomic mass is 16.5. The second kappa shape index (κ2) is 5.05. The fourth-order valence-electron chi connectivity index (χ4n) is 3.28. The van der Waals surface area contributed by atoms with Gasteiger partial charge in [0.1, 0.15) is 0 Å². The van der Waals surface area contributed by atoms with Gasteiger partial charge in [-0.15, -0.1) is 0 Å². The van der Waals surface area contributed by atoms with E-state index >= 15 is 0 Å². The molecule has 2 heterocycles. The summed E-state index contributed by atoms with van der Waals surface area (Å²) in [5.41, 5.74) is 2.96. The van der Waals surface area contributed by atoms with Crippen molar-refractivity contribution in [2.45, 2.75) is 38.4 Å². The number of nitrogens with zero attached hydrogens (tertiary/aromatic N) is 2. The van der Waals surface area contributed by atoms with Gasteiger partial charge in [0.2, 0.25) is 0 Å². The largest absolute Gasteiger partial charge is 0.369 e. The summed E-state index contributed by atoms with van der Waals surface area (Å²) in [5.74, 6) is 0. The molecule has 0 spiro atoms. The number of morpholine rings is 2. The smallest absolute Gasteiger partial charge is 0.0881 e. The van der Waals surface area contributed by atoms with Crippen LogP contribution in [0, 0.1) is 0 Å². The lowest BCUT2D eigenvalue weighted by molar-refractivity contribution is -0.0875. The molecule has 2 aliphatic rings. The van der Waals surface area contributed by atoms with Crippen molar-refractivity contribution < 1.29 is 4.74 Å². The highest BCUT2D eigenvalue weighted by molar-refractivity contribution is 5.49. The summed E-state index contributed by atoms with van der Waals surface area (Å²) >= 11 is 0. The molecule has 110 valence electrons. The average Bonchev–Trinajstić information content (AvgIpc) is 2.36. The Bertz CT molecular complexity index is 445. The van der Waals surface area contributed by atoms with E-state index in [4.69, 9.17) is 4.74 Å². The minimum absolute atomic E-state index is 0.225. The zero-order valence-corrected chi connectivity index (χ0v) is 13.1. The van der Waals surface area contributed by atoms with Gasteiger partial charge in [0.15, 0.2) is 0 Å². The maximum absolute atomic E-state index is 6.04. The first-order valence-corrected chi connectivity index (χ1v) is 7.61. The summed E-state index contributed by atoms with van der Waals surface area (Å²) in [4.78, 5) is 4.87. The van der Waals surface area contributed by atoms with Crippen LogP contribution in [0.15, 0.2) is 24.3 Å². The Morgan fingerprint density at radius 2 is 1.50 bits per heavy atom. The number of hydrogen-bond donors (Lipinski definition) is 0. The van der Waals surface area contributed by atoms with Crippen LogP contribution < -0.4 is 4.90 Å². The normalized spacial score (nSPS) is 27.7. The van der Waals surface area contributed by atoms with E-state index in [9.17, 15) is 0 Å². The molecule has 0 saturated carbocycles. The number of rotatable bonds is 1. The second-order valence-corrected chi connectivity index (χ2v) is 7.30. The van der Waals surface area contributed by atoms with Crippen LogP contribution in [0.5, 0.6) is 0 Å². The molecular formula is C17H26N2O. The van der Waals surface area contributed by atoms with Gasteiger partial charge in [-0.3, -0.25) is 0 Å². The first-order chi connectivity index (χ1) is 9.41. The van der Waals surface area contributed by atoms with Crippen LogP contribution >= 0.6 is 0 Å². The van der Waals surface area contributed by atoms with E-state index in [-0.39, 0.29) is 5.41 Å². The van der Waals surface area contributed by atoms with Crippen molar-refractivity contribution in [2.75, 3.05) is 38.1 Å². The second-order valence-electron chi connectivity index (χ2n) is 7.30. The van der Waals surface area contributed by atoms with E-state index in [1.54, 1.807) is 0 Å². The van der Waals surface area contributed by atoms with Crippen molar-refractivity contribution in [3.05, 3.63) is 29.8 Å². The van der Waals surface area contributed by atoms with E-state index in [0.29, 0.717) is 12.2 Å². The van der Waals surface area contributed by atoms with Crippen LogP contribution in [0.25, 0.3) is 0 Å². The van der Waals surface area contributed by atoms with Crippen LogP contribution in [0.3, 0.4) is 0 Å². The quantitative estimate of drug-likeness (QED) is 0.782. The van der Waals surface area contributed by atoms with Crippen molar-refractivity contribution in [1.29, 1.82) is 0 Å². The standard InChI is InChI=1S/C17H26N2O/c1-17(2,3)13-5-7-14(8-6-13)19-11-15-9-18(4)10-16(12-19)20-15/h5-8,15-16H,9-12H2,1-4H3. The van der Waals surface area contributed by atoms with Crippen LogP contribution in [-0.2, 0) is 10.2 Å². The summed E-state index contributed by atoms with van der Waals surface area (Å²) in [6.45, 7) is 10.9. The zero-order chi connectivity index (χ0) is 14.3. The first-order valence-electron chi connectivity index (χ1n) is 7.61. The maximum Gasteiger partial charge on any atom is 0.0881 e. The Morgan fingerprint density at radius 1 is 0.950 bits per heavy atom. The summed E-state index contributed by atoms with van der Waals surface area (Å²) in [7, 11) is 2.19. The van der Waals surface area contributed by atoms with Gasteiger partial charge < -0.3 is 14.5 Å². The molecule has 3 heteroatoms. The van der Waals surface area contributed by atoms with Crippen molar-refractivity contribution >= 4 is 5.69 Å². The van der Waals surface area contributed by atoms with E-state index < -0.39 is 0 Å². The molecule has 0 N–H and O–H groups in total. The van der Waals surface area contributed by atoms with Gasteiger partial charge in [-0.05, 0) is 30.2 Å². The Balaban J connectivity index is 1.74. The monoisotopic (exact) mass is 274 g/mol. The summed E-state index contributed by atoms with van der Waals surface area (Å²) in [6.07, 6.45) is 0.713. The predicted octanol–water partition coefficient (Wildman–Crippen LogP) is 2.50. The van der Waals surface area contributed by atoms with Crippen molar-refractivity contribution in [2.24, 2.45) is 0 Å². The Labute approximate surface area is 122 Å². The fourth-order valence-corrected chi connectivity index (χ4v) is 3.28. The molecule has 0 aliphatic carbocycles. The van der Waals surface area contributed by atoms with Gasteiger partial charge in [0, 0.05) is 31.9 Å². The molecule has 1 aromatic rings. The number of benzene rings is 1. The lowest BCUT2D eigenvalue weighted by atomic mass is 9.87. The van der Waals surface area contributed by atoms with Crippen molar-refractivity contribution in [3.8, 4) is 0 Å². The zero-order valence-electron chi connectivity index (χ0n) is 13.1. The number of hydrogen-bond acceptors (Lipinski definition) is 3. The first kappa shape index (κ1) is 13.9. The third kappa shape index (κ3) is 2.84. The number of ether oxygens (including phenoxy) is 1. The molecule has 0 amide bonds. The molecule has 2 fully saturated rings. The SMILES string of the molecule is CN1CC2CN(c3ccc(C(C)(C)C)cc3)CC(C1)O2. The van der Waals surface area contributed by atoms with Crippen LogP contribution in [-0.4, -0.2) is 50.3 Å². The average molecular weight is 274 g/mol. The number of likely N-dealkylation sites (N-methyl/N-ethyl adjacent to an activating group) is 1. The number of anilines is 1. The highest BCUT2D eigenvalue weighted by Crippen LogP contribution is 2.27. The third-order valence-corrected chi connectivity index (χ3v) is 4.36. The van der Waals surface area contributed by atoms with Crippen molar-refractivity contribution in [3.63, 3.8) is 0 Å². The van der Waals surface area contributed by atoms with E-state index in [2.05, 4.69) is 61.9 Å². The molecule has 2 atom stereocenters. The molecule has 2 saturated heterocycles. The molecule has 20 heavy (non-hydrogen) atoms. The molecule has 3 nitrogen and oxygen atoms in total. The minimum atomic E-state index is 0.225. The van der Waals surface area contributed by atoms with Gasteiger partial charge in [-0.25, -0.2) is 0 Å². The molecular weight excluding hydrogens is 248 g/mol. The highest BCUT2D eigenvalue weighted by Gasteiger charge is 2.33. The Kier molecular flexibility index (Phi) is 3.51. The lowest BCUT2D eigenvalue weighted by Crippen LogP contribution is -2.58. The van der Waals surface area contributed by atoms with Gasteiger partial charge in [0.25, 0.3) is 0 Å². The van der Waals surface area contributed by atoms with Gasteiger partial charge >= 0.3 is 0 Å². The molecule has 1 aromatic carbocycles. The van der Waals surface area contributed by atoms with Gasteiger partial charge in [-0.2, -0.15) is 0 Å². The lowest BCUT2D eigenvalue weighted by Gasteiger charge is -2.45. The minimum Gasteiger partial charge on any atom is -0.369 e. The molecule has 2 bridgehead atoms. The molecule has 2 aliphatic heterocycles. The molecule has 2 unspecified atom stereocenters. The van der Waals surface area contributed by atoms with Crippen LogP contribution in [0.2, 0.25) is 0 Å². The van der Waals surface area contributed by atoms with Crippen molar-refractivity contribution in [1.82, 2.24) is 4.90 Å². The van der Waals surface area contributed by atoms with E-state index in [1.165, 1.54) is 11.3 Å². The van der Waals surface area contributed by atoms with Crippen LogP contribution in [0.1, 0.15) is 26.3 Å². The maximum atomic E-state index is 6.04. The Morgan fingerprint density at radius 3 is 2.00 bits per heavy atom. The van der Waals surface area contributed by atoms with E-state index in [1.807, 2.05) is 0 Å².